The Morgan fingerprint density at radius 2 is 2.07 bits per heavy atom. The molecular formula is C8H12F3N3S. The molecular weight excluding hydrogens is 227 g/mol. The summed E-state index contributed by atoms with van der Waals surface area (Å²) in [6, 6.07) is 0. The molecule has 0 saturated heterocycles. The van der Waals surface area contributed by atoms with Gasteiger partial charge in [-0.05, 0) is 18.5 Å². The first-order chi connectivity index (χ1) is 6.81. The number of rotatable bonds is 3. The predicted molar refractivity (Wildman–Crippen MR) is 55.2 cm³/mol. The van der Waals surface area contributed by atoms with E-state index in [9.17, 15) is 13.2 Å². The van der Waals surface area contributed by atoms with E-state index in [-0.39, 0.29) is 6.54 Å². The summed E-state index contributed by atoms with van der Waals surface area (Å²) < 4.78 is 39.8. The van der Waals surface area contributed by atoms with Gasteiger partial charge in [0.05, 0.1) is 6.42 Å². The summed E-state index contributed by atoms with van der Waals surface area (Å²) in [5, 5.41) is 0.691. The maximum absolute atomic E-state index is 12.0. The molecule has 0 saturated carbocycles. The Morgan fingerprint density at radius 1 is 1.47 bits per heavy atom. The van der Waals surface area contributed by atoms with E-state index in [0.717, 1.165) is 17.1 Å². The van der Waals surface area contributed by atoms with Crippen molar-refractivity contribution in [1.82, 2.24) is 4.37 Å². The molecule has 1 aromatic heterocycles. The van der Waals surface area contributed by atoms with E-state index < -0.39 is 12.6 Å². The summed E-state index contributed by atoms with van der Waals surface area (Å²) >= 11 is 1.12. The van der Waals surface area contributed by atoms with Crippen LogP contribution in [0.2, 0.25) is 0 Å². The van der Waals surface area contributed by atoms with Gasteiger partial charge < -0.3 is 10.6 Å². The van der Waals surface area contributed by atoms with Crippen LogP contribution >= 0.6 is 11.5 Å². The molecule has 2 N–H and O–H groups in total. The van der Waals surface area contributed by atoms with Gasteiger partial charge in [-0.3, -0.25) is 0 Å². The Morgan fingerprint density at radius 3 is 2.47 bits per heavy atom. The smallest absolute Gasteiger partial charge is 0.383 e. The number of nitrogens with zero attached hydrogens (tertiary/aromatic N) is 2. The lowest BCUT2D eigenvalue weighted by molar-refractivity contribution is -0.132. The van der Waals surface area contributed by atoms with E-state index >= 15 is 0 Å². The van der Waals surface area contributed by atoms with Crippen LogP contribution < -0.4 is 10.6 Å². The van der Waals surface area contributed by atoms with Crippen LogP contribution in [0, 0.1) is 6.92 Å². The highest BCUT2D eigenvalue weighted by atomic mass is 32.1. The normalized spacial score (nSPS) is 11.8. The maximum Gasteiger partial charge on any atom is 0.390 e. The van der Waals surface area contributed by atoms with Gasteiger partial charge in [-0.2, -0.15) is 17.5 Å². The minimum atomic E-state index is -4.13. The highest BCUT2D eigenvalue weighted by molar-refractivity contribution is 7.10. The average Bonchev–Trinajstić information content (AvgIpc) is 2.43. The number of hydrogen-bond donors (Lipinski definition) is 1. The number of nitrogens with two attached hydrogens (primary N) is 1. The van der Waals surface area contributed by atoms with Gasteiger partial charge in [0, 0.05) is 19.2 Å². The fourth-order valence-corrected chi connectivity index (χ4v) is 1.88. The molecule has 7 heteroatoms. The maximum atomic E-state index is 12.0. The van der Waals surface area contributed by atoms with Crippen LogP contribution in [0.3, 0.4) is 0 Å². The van der Waals surface area contributed by atoms with Crippen molar-refractivity contribution >= 4 is 22.4 Å². The highest BCUT2D eigenvalue weighted by Crippen LogP contribution is 2.29. The highest BCUT2D eigenvalue weighted by Gasteiger charge is 2.27. The lowest BCUT2D eigenvalue weighted by Gasteiger charge is -2.18. The fourth-order valence-electron chi connectivity index (χ4n) is 1.09. The van der Waals surface area contributed by atoms with Crippen molar-refractivity contribution < 1.29 is 13.2 Å². The lowest BCUT2D eigenvalue weighted by Crippen LogP contribution is -2.23. The summed E-state index contributed by atoms with van der Waals surface area (Å²) in [6.45, 7) is 1.67. The Hall–Kier alpha value is -0.980. The van der Waals surface area contributed by atoms with E-state index in [2.05, 4.69) is 4.37 Å². The third-order valence-electron chi connectivity index (χ3n) is 2.01. The van der Waals surface area contributed by atoms with E-state index in [1.807, 2.05) is 0 Å². The molecule has 1 aromatic rings. The van der Waals surface area contributed by atoms with E-state index in [1.165, 1.54) is 4.90 Å². The van der Waals surface area contributed by atoms with E-state index in [4.69, 9.17) is 5.73 Å². The molecule has 15 heavy (non-hydrogen) atoms. The number of aromatic nitrogens is 1. The van der Waals surface area contributed by atoms with Crippen LogP contribution in [-0.2, 0) is 0 Å². The van der Waals surface area contributed by atoms with Gasteiger partial charge >= 0.3 is 6.18 Å². The van der Waals surface area contributed by atoms with Gasteiger partial charge in [0.1, 0.15) is 10.8 Å². The molecule has 86 valence electrons. The van der Waals surface area contributed by atoms with Gasteiger partial charge in [-0.1, -0.05) is 0 Å². The van der Waals surface area contributed by atoms with Gasteiger partial charge in [-0.15, -0.1) is 0 Å². The van der Waals surface area contributed by atoms with Gasteiger partial charge in [0.15, 0.2) is 0 Å². The molecule has 0 radical (unpaired) electrons. The van der Waals surface area contributed by atoms with Crippen molar-refractivity contribution in [3.05, 3.63) is 5.56 Å². The Labute approximate surface area is 89.9 Å². The van der Waals surface area contributed by atoms with Crippen molar-refractivity contribution in [3.63, 3.8) is 0 Å². The van der Waals surface area contributed by atoms with Crippen LogP contribution in [-0.4, -0.2) is 24.1 Å². The Bertz CT molecular complexity index is 334. The van der Waals surface area contributed by atoms with Crippen molar-refractivity contribution in [2.24, 2.45) is 0 Å². The first-order valence-electron chi connectivity index (χ1n) is 4.31. The SMILES string of the molecule is Cc1c(N)nsc1N(C)CCC(F)(F)F. The molecule has 1 rings (SSSR count). The second-order valence-electron chi connectivity index (χ2n) is 3.28. The van der Waals surface area contributed by atoms with Gasteiger partial charge in [-0.25, -0.2) is 0 Å². The second-order valence-corrected chi connectivity index (χ2v) is 4.04. The third-order valence-corrected chi connectivity index (χ3v) is 3.09. The Kier molecular flexibility index (Phi) is 3.43. The molecule has 0 aromatic carbocycles. The third kappa shape index (κ3) is 3.26. The topological polar surface area (TPSA) is 42.1 Å². The zero-order valence-corrected chi connectivity index (χ0v) is 9.24. The standard InChI is InChI=1S/C8H12F3N3S/c1-5-6(12)13-15-7(5)14(2)4-3-8(9,10)11/h3-4H2,1-2H3,(H2,12,13). The zero-order valence-electron chi connectivity index (χ0n) is 8.43. The molecule has 0 aliphatic carbocycles. The summed E-state index contributed by atoms with van der Waals surface area (Å²) in [6.07, 6.45) is -4.96. The molecule has 0 bridgehead atoms. The van der Waals surface area contributed by atoms with Crippen LogP contribution in [0.5, 0.6) is 0 Å². The van der Waals surface area contributed by atoms with Crippen LogP contribution in [0.1, 0.15) is 12.0 Å². The first-order valence-corrected chi connectivity index (χ1v) is 5.08. The average molecular weight is 239 g/mol. The number of anilines is 2. The molecule has 0 unspecified atom stereocenters. The minimum Gasteiger partial charge on any atom is -0.383 e. The van der Waals surface area contributed by atoms with Crippen molar-refractivity contribution in [2.75, 3.05) is 24.2 Å². The van der Waals surface area contributed by atoms with E-state index in [0.29, 0.717) is 10.8 Å². The van der Waals surface area contributed by atoms with Crippen LogP contribution in [0.25, 0.3) is 0 Å². The van der Waals surface area contributed by atoms with Crippen LogP contribution in [0.4, 0.5) is 24.0 Å². The van der Waals surface area contributed by atoms with Crippen LogP contribution in [0.15, 0.2) is 0 Å². The fraction of sp³-hybridized carbons (Fsp3) is 0.625. The monoisotopic (exact) mass is 239 g/mol. The minimum absolute atomic E-state index is 0.0774. The predicted octanol–water partition coefficient (Wildman–Crippen LogP) is 2.42. The molecule has 3 nitrogen and oxygen atoms in total. The molecule has 0 fully saturated rings. The largest absolute Gasteiger partial charge is 0.390 e. The molecule has 0 atom stereocenters. The number of nitrogen functional groups attached to an aromatic ring is 1. The summed E-state index contributed by atoms with van der Waals surface area (Å²) in [7, 11) is 1.60. The zero-order chi connectivity index (χ0) is 11.6. The summed E-state index contributed by atoms with van der Waals surface area (Å²) in [5.74, 6) is 0.383. The number of halogens is 3. The summed E-state index contributed by atoms with van der Waals surface area (Å²) in [4.78, 5) is 1.52. The molecule has 0 amide bonds. The second kappa shape index (κ2) is 4.26. The first kappa shape index (κ1) is 12.1. The van der Waals surface area contributed by atoms with Gasteiger partial charge in [0.2, 0.25) is 0 Å². The summed E-state index contributed by atoms with van der Waals surface area (Å²) in [5.41, 5.74) is 6.25. The lowest BCUT2D eigenvalue weighted by atomic mass is 10.3. The van der Waals surface area contributed by atoms with Gasteiger partial charge in [0.25, 0.3) is 0 Å². The molecule has 1 heterocycles. The van der Waals surface area contributed by atoms with Crippen molar-refractivity contribution in [1.29, 1.82) is 0 Å². The molecule has 0 spiro atoms. The van der Waals surface area contributed by atoms with Crippen molar-refractivity contribution in [2.45, 2.75) is 19.5 Å². The quantitative estimate of drug-likeness (QED) is 0.880. The number of hydrogen-bond acceptors (Lipinski definition) is 4. The molecule has 0 aliphatic rings. The van der Waals surface area contributed by atoms with Crippen molar-refractivity contribution in [3.8, 4) is 0 Å². The molecule has 0 aliphatic heterocycles. The number of alkyl halides is 3. The Balaban J connectivity index is 2.62. The van der Waals surface area contributed by atoms with E-state index in [1.54, 1.807) is 14.0 Å².